The lowest BCUT2D eigenvalue weighted by Crippen LogP contribution is -2.37. The van der Waals surface area contributed by atoms with Gasteiger partial charge in [-0.1, -0.05) is 6.07 Å². The van der Waals surface area contributed by atoms with Gasteiger partial charge in [-0.25, -0.2) is 14.6 Å². The number of carbonyl (C=O) groups is 2. The number of nitrogens with zero attached hydrogens (tertiary/aromatic N) is 1. The van der Waals surface area contributed by atoms with E-state index < -0.39 is 5.97 Å². The number of rotatable bonds is 8. The second-order valence-electron chi connectivity index (χ2n) is 4.98. The van der Waals surface area contributed by atoms with Crippen molar-refractivity contribution in [3.05, 3.63) is 29.6 Å². The molecule has 7 nitrogen and oxygen atoms in total. The summed E-state index contributed by atoms with van der Waals surface area (Å²) >= 11 is 0. The second kappa shape index (κ2) is 7.58. The quantitative estimate of drug-likeness (QED) is 0.621. The molecule has 1 aromatic heterocycles. The maximum absolute atomic E-state index is 11.5. The van der Waals surface area contributed by atoms with Crippen LogP contribution in [0.25, 0.3) is 0 Å². The van der Waals surface area contributed by atoms with Crippen LogP contribution in [0.2, 0.25) is 0 Å². The van der Waals surface area contributed by atoms with Gasteiger partial charge in [0, 0.05) is 25.9 Å². The zero-order chi connectivity index (χ0) is 15.1. The number of hydrogen-bond acceptors (Lipinski definition) is 4. The van der Waals surface area contributed by atoms with Crippen molar-refractivity contribution in [2.24, 2.45) is 5.92 Å². The molecule has 3 N–H and O–H groups in total. The van der Waals surface area contributed by atoms with Gasteiger partial charge in [0.2, 0.25) is 0 Å². The van der Waals surface area contributed by atoms with Gasteiger partial charge in [0.25, 0.3) is 0 Å². The lowest BCUT2D eigenvalue weighted by Gasteiger charge is -2.08. The molecule has 0 unspecified atom stereocenters. The van der Waals surface area contributed by atoms with Crippen LogP contribution in [-0.2, 0) is 11.3 Å². The van der Waals surface area contributed by atoms with Gasteiger partial charge in [0.15, 0.2) is 0 Å². The van der Waals surface area contributed by atoms with Gasteiger partial charge < -0.3 is 20.5 Å². The molecular formula is C14H19N3O4. The van der Waals surface area contributed by atoms with Crippen LogP contribution >= 0.6 is 0 Å². The average Bonchev–Trinajstić information content (AvgIpc) is 3.29. The molecule has 114 valence electrons. The van der Waals surface area contributed by atoms with Crippen molar-refractivity contribution in [2.75, 3.05) is 19.8 Å². The number of aromatic carboxylic acids is 1. The Morgan fingerprint density at radius 1 is 1.33 bits per heavy atom. The summed E-state index contributed by atoms with van der Waals surface area (Å²) in [4.78, 5) is 25.9. The highest BCUT2D eigenvalue weighted by molar-refractivity contribution is 5.85. The van der Waals surface area contributed by atoms with Crippen molar-refractivity contribution in [1.82, 2.24) is 15.6 Å². The van der Waals surface area contributed by atoms with E-state index >= 15 is 0 Å². The Balaban J connectivity index is 1.57. The Labute approximate surface area is 122 Å². The van der Waals surface area contributed by atoms with Crippen LogP contribution < -0.4 is 10.6 Å². The first-order valence-corrected chi connectivity index (χ1v) is 6.93. The van der Waals surface area contributed by atoms with Crippen LogP contribution in [0.3, 0.4) is 0 Å². The first-order valence-electron chi connectivity index (χ1n) is 6.93. The molecule has 1 fully saturated rings. The van der Waals surface area contributed by atoms with Crippen LogP contribution in [0.1, 0.15) is 28.9 Å². The number of carboxylic acids is 1. The Kier molecular flexibility index (Phi) is 5.51. The number of ether oxygens (including phenoxy) is 1. The van der Waals surface area contributed by atoms with Crippen molar-refractivity contribution in [3.8, 4) is 0 Å². The lowest BCUT2D eigenvalue weighted by atomic mass is 10.2. The normalized spacial score (nSPS) is 13.7. The van der Waals surface area contributed by atoms with Crippen molar-refractivity contribution in [2.45, 2.75) is 19.4 Å². The molecule has 1 aliphatic carbocycles. The summed E-state index contributed by atoms with van der Waals surface area (Å²) in [6.45, 7) is 2.06. The first-order chi connectivity index (χ1) is 10.1. The molecule has 1 aliphatic rings. The van der Waals surface area contributed by atoms with Crippen molar-refractivity contribution >= 4 is 12.0 Å². The van der Waals surface area contributed by atoms with E-state index in [1.807, 2.05) is 0 Å². The molecule has 1 saturated carbocycles. The van der Waals surface area contributed by atoms with Crippen molar-refractivity contribution in [3.63, 3.8) is 0 Å². The van der Waals surface area contributed by atoms with Gasteiger partial charge in [-0.2, -0.15) is 0 Å². The molecule has 0 bridgehead atoms. The zero-order valence-corrected chi connectivity index (χ0v) is 11.7. The average molecular weight is 293 g/mol. The summed E-state index contributed by atoms with van der Waals surface area (Å²) in [5.41, 5.74) is 0.719. The predicted molar refractivity (Wildman–Crippen MR) is 75.0 cm³/mol. The van der Waals surface area contributed by atoms with Crippen LogP contribution in [0.5, 0.6) is 0 Å². The molecule has 7 heteroatoms. The maximum atomic E-state index is 11.5. The van der Waals surface area contributed by atoms with E-state index in [1.165, 1.54) is 25.1 Å². The number of amides is 2. The van der Waals surface area contributed by atoms with Gasteiger partial charge in [-0.15, -0.1) is 0 Å². The highest BCUT2D eigenvalue weighted by Gasteiger charge is 2.20. The van der Waals surface area contributed by atoms with Gasteiger partial charge in [-0.05, 0) is 30.4 Å². The van der Waals surface area contributed by atoms with Gasteiger partial charge in [-0.3, -0.25) is 0 Å². The lowest BCUT2D eigenvalue weighted by molar-refractivity contribution is 0.0690. The molecule has 0 radical (unpaired) electrons. The van der Waals surface area contributed by atoms with Gasteiger partial charge >= 0.3 is 12.0 Å². The summed E-state index contributed by atoms with van der Waals surface area (Å²) < 4.78 is 5.40. The number of urea groups is 1. The van der Waals surface area contributed by atoms with Gasteiger partial charge in [0.1, 0.15) is 5.69 Å². The second-order valence-corrected chi connectivity index (χ2v) is 4.98. The molecule has 1 aromatic rings. The predicted octanol–water partition coefficient (Wildman–Crippen LogP) is 1.01. The fraction of sp³-hybridized carbons (Fsp3) is 0.500. The summed E-state index contributed by atoms with van der Waals surface area (Å²) in [6.07, 6.45) is 3.94. The SMILES string of the molecule is O=C(NCCOCC1CC1)NCc1ccc(C(=O)O)nc1. The largest absolute Gasteiger partial charge is 0.477 e. The molecule has 1 heterocycles. The zero-order valence-electron chi connectivity index (χ0n) is 11.7. The van der Waals surface area contributed by atoms with E-state index in [2.05, 4.69) is 15.6 Å². The third kappa shape index (κ3) is 5.78. The highest BCUT2D eigenvalue weighted by atomic mass is 16.5. The number of aromatic nitrogens is 1. The van der Waals surface area contributed by atoms with Crippen LogP contribution in [0.15, 0.2) is 18.3 Å². The topological polar surface area (TPSA) is 101 Å². The minimum Gasteiger partial charge on any atom is -0.477 e. The van der Waals surface area contributed by atoms with Crippen LogP contribution in [0.4, 0.5) is 4.79 Å². The van der Waals surface area contributed by atoms with Crippen molar-refractivity contribution in [1.29, 1.82) is 0 Å². The fourth-order valence-corrected chi connectivity index (χ4v) is 1.67. The molecular weight excluding hydrogens is 274 g/mol. The smallest absolute Gasteiger partial charge is 0.354 e. The first kappa shape index (κ1) is 15.2. The number of hydrogen-bond donors (Lipinski definition) is 3. The third-order valence-electron chi connectivity index (χ3n) is 3.08. The monoisotopic (exact) mass is 293 g/mol. The van der Waals surface area contributed by atoms with Crippen LogP contribution in [-0.4, -0.2) is 41.8 Å². The highest BCUT2D eigenvalue weighted by Crippen LogP contribution is 2.28. The summed E-state index contributed by atoms with van der Waals surface area (Å²) in [5.74, 6) is -0.349. The van der Waals surface area contributed by atoms with E-state index in [9.17, 15) is 9.59 Å². The minimum absolute atomic E-state index is 0.0176. The molecule has 0 aliphatic heterocycles. The molecule has 2 rings (SSSR count). The standard InChI is InChI=1S/C14H19N3O4/c18-13(19)12-4-3-11(7-16-12)8-17-14(20)15-5-6-21-9-10-1-2-10/h3-4,7,10H,1-2,5-6,8-9H2,(H,18,19)(H2,15,17,20). The number of nitrogens with one attached hydrogen (secondary N) is 2. The molecule has 0 atom stereocenters. The van der Waals surface area contributed by atoms with Crippen LogP contribution in [0, 0.1) is 5.92 Å². The van der Waals surface area contributed by atoms with Crippen molar-refractivity contribution < 1.29 is 19.4 Å². The summed E-state index contributed by atoms with van der Waals surface area (Å²) in [6, 6.07) is 2.74. The summed E-state index contributed by atoms with van der Waals surface area (Å²) in [7, 11) is 0. The maximum Gasteiger partial charge on any atom is 0.354 e. The number of carbonyl (C=O) groups excluding carboxylic acids is 1. The Morgan fingerprint density at radius 3 is 2.76 bits per heavy atom. The molecule has 21 heavy (non-hydrogen) atoms. The fourth-order valence-electron chi connectivity index (χ4n) is 1.67. The molecule has 0 saturated heterocycles. The molecule has 2 amide bonds. The third-order valence-corrected chi connectivity index (χ3v) is 3.08. The Hall–Kier alpha value is -2.15. The minimum atomic E-state index is -1.07. The Morgan fingerprint density at radius 2 is 2.14 bits per heavy atom. The number of pyridine rings is 1. The Bertz CT molecular complexity index is 485. The van der Waals surface area contributed by atoms with E-state index in [0.29, 0.717) is 19.7 Å². The molecule has 0 spiro atoms. The van der Waals surface area contributed by atoms with E-state index in [0.717, 1.165) is 18.1 Å². The van der Waals surface area contributed by atoms with E-state index in [-0.39, 0.29) is 11.7 Å². The number of carboxylic acid groups (broad SMARTS) is 1. The van der Waals surface area contributed by atoms with Gasteiger partial charge in [0.05, 0.1) is 6.61 Å². The summed E-state index contributed by atoms with van der Waals surface area (Å²) in [5, 5.41) is 14.1. The molecule has 0 aromatic carbocycles. The van der Waals surface area contributed by atoms with E-state index in [4.69, 9.17) is 9.84 Å². The van der Waals surface area contributed by atoms with E-state index in [1.54, 1.807) is 6.07 Å².